The molecule has 1 aromatic heterocycles. The Morgan fingerprint density at radius 1 is 1.35 bits per heavy atom. The first-order valence-electron chi connectivity index (χ1n) is 7.15. The highest BCUT2D eigenvalue weighted by molar-refractivity contribution is 5.69. The van der Waals surface area contributed by atoms with Crippen molar-refractivity contribution in [3.63, 3.8) is 0 Å². The number of aryl methyl sites for hydroxylation is 2. The minimum absolute atomic E-state index is 0.152. The normalized spacial score (nSPS) is 19.1. The summed E-state index contributed by atoms with van der Waals surface area (Å²) in [5.74, 6) is -0.742. The molecule has 0 bridgehead atoms. The van der Waals surface area contributed by atoms with Crippen molar-refractivity contribution in [3.8, 4) is 0 Å². The Labute approximate surface area is 120 Å². The van der Waals surface area contributed by atoms with Gasteiger partial charge in [0.2, 0.25) is 0 Å². The van der Waals surface area contributed by atoms with Gasteiger partial charge in [-0.3, -0.25) is 19.3 Å². The maximum Gasteiger partial charge on any atom is 0.317 e. The molecule has 1 unspecified atom stereocenters. The van der Waals surface area contributed by atoms with E-state index in [0.29, 0.717) is 6.04 Å². The van der Waals surface area contributed by atoms with Gasteiger partial charge in [-0.15, -0.1) is 0 Å². The smallest absolute Gasteiger partial charge is 0.317 e. The second-order valence-electron chi connectivity index (χ2n) is 5.66. The highest BCUT2D eigenvalue weighted by atomic mass is 16.4. The molecule has 1 aromatic rings. The van der Waals surface area contributed by atoms with Crippen LogP contribution in [0.25, 0.3) is 0 Å². The molecule has 2 heterocycles. The van der Waals surface area contributed by atoms with E-state index in [1.54, 1.807) is 0 Å². The van der Waals surface area contributed by atoms with E-state index in [-0.39, 0.29) is 6.54 Å². The van der Waals surface area contributed by atoms with Gasteiger partial charge in [0.05, 0.1) is 18.8 Å². The van der Waals surface area contributed by atoms with Crippen LogP contribution in [0.5, 0.6) is 0 Å². The van der Waals surface area contributed by atoms with Gasteiger partial charge in [-0.25, -0.2) is 0 Å². The van der Waals surface area contributed by atoms with Crippen LogP contribution in [0.4, 0.5) is 0 Å². The van der Waals surface area contributed by atoms with E-state index in [9.17, 15) is 4.79 Å². The topological polar surface area (TPSA) is 61.6 Å². The van der Waals surface area contributed by atoms with Crippen LogP contribution in [0.3, 0.4) is 0 Å². The van der Waals surface area contributed by atoms with Crippen molar-refractivity contribution in [2.24, 2.45) is 0 Å². The van der Waals surface area contributed by atoms with Gasteiger partial charge in [-0.2, -0.15) is 5.10 Å². The van der Waals surface area contributed by atoms with Crippen LogP contribution >= 0.6 is 0 Å². The van der Waals surface area contributed by atoms with Crippen LogP contribution in [0.15, 0.2) is 6.07 Å². The largest absolute Gasteiger partial charge is 0.480 e. The van der Waals surface area contributed by atoms with E-state index < -0.39 is 5.97 Å². The number of hydrogen-bond acceptors (Lipinski definition) is 4. The van der Waals surface area contributed by atoms with Gasteiger partial charge in [0.25, 0.3) is 0 Å². The van der Waals surface area contributed by atoms with E-state index in [1.807, 2.05) is 11.8 Å². The summed E-state index contributed by atoms with van der Waals surface area (Å²) in [6.45, 7) is 10.8. The third-order valence-electron chi connectivity index (χ3n) is 3.93. The van der Waals surface area contributed by atoms with E-state index in [1.165, 1.54) is 5.69 Å². The molecule has 1 aliphatic rings. The van der Waals surface area contributed by atoms with Crippen LogP contribution in [-0.2, 0) is 11.3 Å². The summed E-state index contributed by atoms with van der Waals surface area (Å²) in [4.78, 5) is 15.1. The van der Waals surface area contributed by atoms with Gasteiger partial charge < -0.3 is 5.11 Å². The molecule has 1 N–H and O–H groups in total. The predicted molar refractivity (Wildman–Crippen MR) is 76.8 cm³/mol. The molecular formula is C14H24N4O2. The molecule has 0 aromatic carbocycles. The Bertz CT molecular complexity index is 464. The average molecular weight is 280 g/mol. The first-order chi connectivity index (χ1) is 9.45. The standard InChI is InChI=1S/C14H24N4O2/c1-11-8-12(2)18(15-11)9-13(3)17-6-4-16(5-7-17)10-14(19)20/h8,13H,4-7,9-10H2,1-3H3,(H,19,20). The summed E-state index contributed by atoms with van der Waals surface area (Å²) in [5.41, 5.74) is 2.25. The van der Waals surface area contributed by atoms with Crippen LogP contribution in [-0.4, -0.2) is 69.4 Å². The van der Waals surface area contributed by atoms with Crippen molar-refractivity contribution in [2.45, 2.75) is 33.4 Å². The molecule has 1 aliphatic heterocycles. The van der Waals surface area contributed by atoms with Crippen molar-refractivity contribution in [3.05, 3.63) is 17.5 Å². The SMILES string of the molecule is Cc1cc(C)n(CC(C)N2CCN(CC(=O)O)CC2)n1. The van der Waals surface area contributed by atoms with Crippen molar-refractivity contribution >= 4 is 5.97 Å². The van der Waals surface area contributed by atoms with Gasteiger partial charge in [0.15, 0.2) is 0 Å². The minimum Gasteiger partial charge on any atom is -0.480 e. The van der Waals surface area contributed by atoms with E-state index in [4.69, 9.17) is 5.11 Å². The molecule has 0 saturated carbocycles. The Kier molecular flexibility index (Phi) is 4.77. The Morgan fingerprint density at radius 3 is 2.50 bits per heavy atom. The lowest BCUT2D eigenvalue weighted by atomic mass is 10.2. The lowest BCUT2D eigenvalue weighted by Crippen LogP contribution is -2.51. The number of aliphatic carboxylic acids is 1. The highest BCUT2D eigenvalue weighted by Gasteiger charge is 2.22. The minimum atomic E-state index is -0.742. The summed E-state index contributed by atoms with van der Waals surface area (Å²) >= 11 is 0. The van der Waals surface area contributed by atoms with E-state index >= 15 is 0 Å². The molecule has 0 amide bonds. The average Bonchev–Trinajstić information content (AvgIpc) is 2.68. The molecule has 0 spiro atoms. The van der Waals surface area contributed by atoms with Crippen molar-refractivity contribution in [1.29, 1.82) is 0 Å². The number of nitrogens with zero attached hydrogens (tertiary/aromatic N) is 4. The maximum absolute atomic E-state index is 10.7. The quantitative estimate of drug-likeness (QED) is 0.855. The lowest BCUT2D eigenvalue weighted by molar-refractivity contribution is -0.138. The lowest BCUT2D eigenvalue weighted by Gasteiger charge is -2.37. The fourth-order valence-electron chi connectivity index (χ4n) is 2.78. The molecule has 1 saturated heterocycles. The third-order valence-corrected chi connectivity index (χ3v) is 3.93. The first-order valence-corrected chi connectivity index (χ1v) is 7.15. The second kappa shape index (κ2) is 6.37. The maximum atomic E-state index is 10.7. The van der Waals surface area contributed by atoms with Gasteiger partial charge in [0.1, 0.15) is 0 Å². The van der Waals surface area contributed by atoms with Gasteiger partial charge >= 0.3 is 5.97 Å². The molecule has 0 aliphatic carbocycles. The fourth-order valence-corrected chi connectivity index (χ4v) is 2.78. The fraction of sp³-hybridized carbons (Fsp3) is 0.714. The highest BCUT2D eigenvalue weighted by Crippen LogP contribution is 2.10. The molecule has 112 valence electrons. The monoisotopic (exact) mass is 280 g/mol. The van der Waals surface area contributed by atoms with E-state index in [2.05, 4.69) is 34.6 Å². The number of carboxylic acids is 1. The van der Waals surface area contributed by atoms with Gasteiger partial charge in [0, 0.05) is 37.9 Å². The summed E-state index contributed by atoms with van der Waals surface area (Å²) in [6, 6.07) is 2.51. The number of piperazine rings is 1. The van der Waals surface area contributed by atoms with Crippen molar-refractivity contribution in [1.82, 2.24) is 19.6 Å². The van der Waals surface area contributed by atoms with Crippen molar-refractivity contribution < 1.29 is 9.90 Å². The molecule has 1 fully saturated rings. The molecule has 20 heavy (non-hydrogen) atoms. The zero-order valence-electron chi connectivity index (χ0n) is 12.5. The predicted octanol–water partition coefficient (Wildman–Crippen LogP) is 0.591. The zero-order chi connectivity index (χ0) is 14.7. The molecule has 1 atom stereocenters. The van der Waals surface area contributed by atoms with Crippen molar-refractivity contribution in [2.75, 3.05) is 32.7 Å². The molecule has 0 radical (unpaired) electrons. The zero-order valence-corrected chi connectivity index (χ0v) is 12.5. The molecule has 6 heteroatoms. The Morgan fingerprint density at radius 2 is 2.00 bits per heavy atom. The number of carboxylic acid groups (broad SMARTS) is 1. The number of rotatable bonds is 5. The summed E-state index contributed by atoms with van der Waals surface area (Å²) in [7, 11) is 0. The second-order valence-corrected chi connectivity index (χ2v) is 5.66. The number of hydrogen-bond donors (Lipinski definition) is 1. The Hall–Kier alpha value is -1.40. The first kappa shape index (κ1) is 15.0. The van der Waals surface area contributed by atoms with Crippen LogP contribution < -0.4 is 0 Å². The number of carbonyl (C=O) groups is 1. The van der Waals surface area contributed by atoms with Crippen LogP contribution in [0.2, 0.25) is 0 Å². The van der Waals surface area contributed by atoms with Crippen LogP contribution in [0.1, 0.15) is 18.3 Å². The van der Waals surface area contributed by atoms with Crippen LogP contribution in [0, 0.1) is 13.8 Å². The molecule has 6 nitrogen and oxygen atoms in total. The summed E-state index contributed by atoms with van der Waals surface area (Å²) in [6.07, 6.45) is 0. The summed E-state index contributed by atoms with van der Waals surface area (Å²) < 4.78 is 2.06. The molecular weight excluding hydrogens is 256 g/mol. The Balaban J connectivity index is 1.84. The van der Waals surface area contributed by atoms with Gasteiger partial charge in [-0.1, -0.05) is 0 Å². The molecule has 2 rings (SSSR count). The van der Waals surface area contributed by atoms with E-state index in [0.717, 1.165) is 38.4 Å². The van der Waals surface area contributed by atoms with Gasteiger partial charge in [-0.05, 0) is 26.8 Å². The summed E-state index contributed by atoms with van der Waals surface area (Å²) in [5, 5.41) is 13.3. The third kappa shape index (κ3) is 3.80. The number of aromatic nitrogens is 2.